The Bertz CT molecular complexity index is 421. The highest BCUT2D eigenvalue weighted by atomic mass is 16.2. The Balaban J connectivity index is 2.01. The molecule has 0 radical (unpaired) electrons. The van der Waals surface area contributed by atoms with Gasteiger partial charge in [0.25, 0.3) is 0 Å². The lowest BCUT2D eigenvalue weighted by atomic mass is 10.0. The first-order valence-corrected chi connectivity index (χ1v) is 7.78. The number of aryl methyl sites for hydroxylation is 1. The zero-order valence-electron chi connectivity index (χ0n) is 12.7. The molecule has 0 saturated carbocycles. The van der Waals surface area contributed by atoms with Gasteiger partial charge in [-0.2, -0.15) is 0 Å². The van der Waals surface area contributed by atoms with Crippen molar-refractivity contribution in [2.45, 2.75) is 52.1 Å². The molecule has 3 nitrogen and oxygen atoms in total. The predicted molar refractivity (Wildman–Crippen MR) is 82.5 cm³/mol. The summed E-state index contributed by atoms with van der Waals surface area (Å²) in [5.74, 6) is 0.270. The van der Waals surface area contributed by atoms with E-state index < -0.39 is 0 Å². The summed E-state index contributed by atoms with van der Waals surface area (Å²) in [5, 5.41) is 3.36. The van der Waals surface area contributed by atoms with Gasteiger partial charge in [0.05, 0.1) is 6.04 Å². The van der Waals surface area contributed by atoms with Gasteiger partial charge in [0.1, 0.15) is 0 Å². The molecule has 1 N–H and O–H groups in total. The fourth-order valence-corrected chi connectivity index (χ4v) is 2.73. The summed E-state index contributed by atoms with van der Waals surface area (Å²) in [5.41, 5.74) is 2.48. The minimum Gasteiger partial charge on any atom is -0.337 e. The highest BCUT2D eigenvalue weighted by Crippen LogP contribution is 2.13. The van der Waals surface area contributed by atoms with E-state index in [1.807, 2.05) is 4.90 Å². The molecule has 1 heterocycles. The molecule has 3 heteroatoms. The second kappa shape index (κ2) is 7.44. The van der Waals surface area contributed by atoms with Gasteiger partial charge >= 0.3 is 0 Å². The monoisotopic (exact) mass is 274 g/mol. The second-order valence-electron chi connectivity index (χ2n) is 5.75. The van der Waals surface area contributed by atoms with Gasteiger partial charge in [-0.3, -0.25) is 4.79 Å². The number of nitrogens with zero attached hydrogens (tertiary/aromatic N) is 1. The molecule has 110 valence electrons. The van der Waals surface area contributed by atoms with E-state index in [2.05, 4.69) is 43.4 Å². The van der Waals surface area contributed by atoms with Crippen LogP contribution in [0.15, 0.2) is 24.3 Å². The van der Waals surface area contributed by atoms with E-state index in [0.717, 1.165) is 38.9 Å². The second-order valence-corrected chi connectivity index (χ2v) is 5.75. The number of hydrogen-bond acceptors (Lipinski definition) is 2. The smallest absolute Gasteiger partial charge is 0.240 e. The normalized spacial score (nSPS) is 18.8. The minimum atomic E-state index is 0.0285. The maximum absolute atomic E-state index is 12.6. The molecule has 1 atom stereocenters. The standard InChI is InChI=1S/C17H26N2O/c1-3-12-19(13-15-9-7-14(2)8-10-15)17(20)16-6-4-5-11-18-16/h7-10,16,18H,3-6,11-13H2,1-2H3/t16-/m0/s1. The molecule has 0 unspecified atom stereocenters. The Hall–Kier alpha value is -1.35. The molecule has 20 heavy (non-hydrogen) atoms. The molecule has 2 rings (SSSR count). The largest absolute Gasteiger partial charge is 0.337 e. The van der Waals surface area contributed by atoms with Crippen LogP contribution in [0, 0.1) is 6.92 Å². The van der Waals surface area contributed by atoms with Crippen molar-refractivity contribution in [3.8, 4) is 0 Å². The van der Waals surface area contributed by atoms with Crippen LogP contribution < -0.4 is 5.32 Å². The Labute approximate surface area is 122 Å². The summed E-state index contributed by atoms with van der Waals surface area (Å²) in [7, 11) is 0. The summed E-state index contributed by atoms with van der Waals surface area (Å²) in [6.07, 6.45) is 4.33. The fourth-order valence-electron chi connectivity index (χ4n) is 2.73. The quantitative estimate of drug-likeness (QED) is 0.895. The first-order valence-electron chi connectivity index (χ1n) is 7.78. The Morgan fingerprint density at radius 2 is 2.05 bits per heavy atom. The van der Waals surface area contributed by atoms with Gasteiger partial charge in [-0.25, -0.2) is 0 Å². The van der Waals surface area contributed by atoms with E-state index in [9.17, 15) is 4.79 Å². The van der Waals surface area contributed by atoms with Crippen molar-refractivity contribution >= 4 is 5.91 Å². The number of carbonyl (C=O) groups excluding carboxylic acids is 1. The van der Waals surface area contributed by atoms with Gasteiger partial charge in [-0.1, -0.05) is 43.2 Å². The third-order valence-electron chi connectivity index (χ3n) is 3.91. The van der Waals surface area contributed by atoms with Crippen LogP contribution in [0.3, 0.4) is 0 Å². The molecule has 1 aliphatic rings. The summed E-state index contributed by atoms with van der Waals surface area (Å²) >= 11 is 0. The maximum atomic E-state index is 12.6. The molecule has 1 amide bonds. The highest BCUT2D eigenvalue weighted by Gasteiger charge is 2.25. The van der Waals surface area contributed by atoms with Crippen molar-refractivity contribution in [1.29, 1.82) is 0 Å². The first-order chi connectivity index (χ1) is 9.70. The summed E-state index contributed by atoms with van der Waals surface area (Å²) < 4.78 is 0. The van der Waals surface area contributed by atoms with E-state index in [1.165, 1.54) is 17.5 Å². The fraction of sp³-hybridized carbons (Fsp3) is 0.588. The van der Waals surface area contributed by atoms with Crippen LogP contribution in [0.25, 0.3) is 0 Å². The Morgan fingerprint density at radius 3 is 2.65 bits per heavy atom. The Kier molecular flexibility index (Phi) is 5.60. The van der Waals surface area contributed by atoms with E-state index in [-0.39, 0.29) is 11.9 Å². The number of rotatable bonds is 5. The first kappa shape index (κ1) is 15.0. The van der Waals surface area contributed by atoms with Crippen molar-refractivity contribution in [2.75, 3.05) is 13.1 Å². The topological polar surface area (TPSA) is 32.3 Å². The minimum absolute atomic E-state index is 0.0285. The number of amides is 1. The average molecular weight is 274 g/mol. The Morgan fingerprint density at radius 1 is 1.30 bits per heavy atom. The zero-order valence-corrected chi connectivity index (χ0v) is 12.7. The number of nitrogens with one attached hydrogen (secondary N) is 1. The van der Waals surface area contributed by atoms with Gasteiger partial charge in [0.2, 0.25) is 5.91 Å². The molecule has 1 aromatic carbocycles. The summed E-state index contributed by atoms with van der Waals surface area (Å²) in [6, 6.07) is 8.51. The van der Waals surface area contributed by atoms with Gasteiger partial charge in [-0.15, -0.1) is 0 Å². The van der Waals surface area contributed by atoms with Crippen molar-refractivity contribution < 1.29 is 4.79 Å². The third kappa shape index (κ3) is 4.07. The highest BCUT2D eigenvalue weighted by molar-refractivity contribution is 5.82. The maximum Gasteiger partial charge on any atom is 0.240 e. The zero-order chi connectivity index (χ0) is 14.4. The van der Waals surface area contributed by atoms with Gasteiger partial charge in [-0.05, 0) is 38.3 Å². The molecule has 0 aromatic heterocycles. The molecule has 1 aliphatic heterocycles. The van der Waals surface area contributed by atoms with Crippen LogP contribution in [0.5, 0.6) is 0 Å². The SMILES string of the molecule is CCCN(Cc1ccc(C)cc1)C(=O)[C@@H]1CCCCN1. The van der Waals surface area contributed by atoms with Gasteiger partial charge < -0.3 is 10.2 Å². The number of hydrogen-bond donors (Lipinski definition) is 1. The van der Waals surface area contributed by atoms with E-state index in [4.69, 9.17) is 0 Å². The van der Waals surface area contributed by atoms with Crippen LogP contribution in [0.2, 0.25) is 0 Å². The summed E-state index contributed by atoms with van der Waals surface area (Å²) in [6.45, 7) is 6.76. The van der Waals surface area contributed by atoms with Crippen LogP contribution in [-0.4, -0.2) is 29.9 Å². The third-order valence-corrected chi connectivity index (χ3v) is 3.91. The molecule has 0 bridgehead atoms. The molecular formula is C17H26N2O. The van der Waals surface area contributed by atoms with Crippen molar-refractivity contribution in [2.24, 2.45) is 0 Å². The van der Waals surface area contributed by atoms with Crippen molar-refractivity contribution in [3.05, 3.63) is 35.4 Å². The van der Waals surface area contributed by atoms with Crippen LogP contribution >= 0.6 is 0 Å². The number of carbonyl (C=O) groups is 1. The number of piperidine rings is 1. The van der Waals surface area contributed by atoms with Gasteiger partial charge in [0, 0.05) is 13.1 Å². The van der Waals surface area contributed by atoms with E-state index in [1.54, 1.807) is 0 Å². The molecule has 1 fully saturated rings. The lowest BCUT2D eigenvalue weighted by molar-refractivity contribution is -0.134. The van der Waals surface area contributed by atoms with Crippen molar-refractivity contribution in [1.82, 2.24) is 10.2 Å². The lowest BCUT2D eigenvalue weighted by Gasteiger charge is -2.30. The number of benzene rings is 1. The predicted octanol–water partition coefficient (Wildman–Crippen LogP) is 2.88. The van der Waals surface area contributed by atoms with Crippen LogP contribution in [-0.2, 0) is 11.3 Å². The van der Waals surface area contributed by atoms with Crippen LogP contribution in [0.1, 0.15) is 43.7 Å². The molecular weight excluding hydrogens is 248 g/mol. The summed E-state index contributed by atoms with van der Waals surface area (Å²) in [4.78, 5) is 14.6. The molecule has 1 saturated heterocycles. The average Bonchev–Trinajstić information content (AvgIpc) is 2.49. The van der Waals surface area contributed by atoms with Gasteiger partial charge in [0.15, 0.2) is 0 Å². The molecule has 0 spiro atoms. The van der Waals surface area contributed by atoms with Crippen LogP contribution in [0.4, 0.5) is 0 Å². The molecule has 1 aromatic rings. The van der Waals surface area contributed by atoms with Crippen molar-refractivity contribution in [3.63, 3.8) is 0 Å². The lowest BCUT2D eigenvalue weighted by Crippen LogP contribution is -2.48. The molecule has 0 aliphatic carbocycles. The van der Waals surface area contributed by atoms with E-state index >= 15 is 0 Å². The van der Waals surface area contributed by atoms with E-state index in [0.29, 0.717) is 0 Å².